The third-order valence-corrected chi connectivity index (χ3v) is 5.36. The van der Waals surface area contributed by atoms with Crippen molar-refractivity contribution in [2.75, 3.05) is 0 Å². The summed E-state index contributed by atoms with van der Waals surface area (Å²) in [7, 11) is 0. The van der Waals surface area contributed by atoms with Gasteiger partial charge >= 0.3 is 0 Å². The van der Waals surface area contributed by atoms with Crippen molar-refractivity contribution in [3.63, 3.8) is 0 Å². The van der Waals surface area contributed by atoms with Crippen LogP contribution in [-0.4, -0.2) is 4.98 Å². The summed E-state index contributed by atoms with van der Waals surface area (Å²) in [6.45, 7) is 4.36. The van der Waals surface area contributed by atoms with Crippen molar-refractivity contribution in [3.8, 4) is 22.4 Å². The van der Waals surface area contributed by atoms with E-state index < -0.39 is 0 Å². The third kappa shape index (κ3) is 2.21. The van der Waals surface area contributed by atoms with Gasteiger partial charge in [-0.25, -0.2) is 4.98 Å². The fraction of sp³-hybridized carbons (Fsp3) is 0.0800. The van der Waals surface area contributed by atoms with Gasteiger partial charge in [-0.15, -0.1) is 0 Å². The lowest BCUT2D eigenvalue weighted by molar-refractivity contribution is 1.31. The highest BCUT2D eigenvalue weighted by Crippen LogP contribution is 2.38. The number of hydrogen-bond donors (Lipinski definition) is 0. The molecule has 5 rings (SSSR count). The number of aryl methyl sites for hydroxylation is 1. The largest absolute Gasteiger partial charge is 0.247 e. The van der Waals surface area contributed by atoms with Crippen LogP contribution in [0.15, 0.2) is 66.7 Å². The second-order valence-corrected chi connectivity index (χ2v) is 6.97. The first-order valence-electron chi connectivity index (χ1n) is 9.00. The van der Waals surface area contributed by atoms with E-state index in [1.54, 1.807) is 0 Å². The molecule has 0 radical (unpaired) electrons. The van der Waals surface area contributed by atoms with Crippen molar-refractivity contribution >= 4 is 23.1 Å². The van der Waals surface area contributed by atoms with Crippen LogP contribution >= 0.6 is 0 Å². The number of rotatable bonds is 2. The second kappa shape index (κ2) is 5.67. The van der Waals surface area contributed by atoms with Gasteiger partial charge in [0.2, 0.25) is 0 Å². The molecule has 4 aromatic rings. The molecule has 1 nitrogen and oxygen atoms in total. The molecule has 0 aliphatic heterocycles. The molecule has 0 spiro atoms. The van der Waals surface area contributed by atoms with E-state index in [0.717, 1.165) is 11.2 Å². The Bertz CT molecular complexity index is 1180. The Labute approximate surface area is 153 Å². The topological polar surface area (TPSA) is 12.9 Å². The molecular formula is C25H19N. The molecule has 0 bridgehead atoms. The summed E-state index contributed by atoms with van der Waals surface area (Å²) in [6, 6.07) is 23.5. The number of hydrogen-bond acceptors (Lipinski definition) is 1. The van der Waals surface area contributed by atoms with E-state index in [0.29, 0.717) is 0 Å². The minimum Gasteiger partial charge on any atom is -0.247 e. The van der Waals surface area contributed by atoms with Crippen molar-refractivity contribution in [2.24, 2.45) is 0 Å². The summed E-state index contributed by atoms with van der Waals surface area (Å²) in [5.74, 6) is 0. The van der Waals surface area contributed by atoms with Crippen molar-refractivity contribution in [1.82, 2.24) is 4.98 Å². The molecule has 0 saturated heterocycles. The van der Waals surface area contributed by atoms with E-state index in [4.69, 9.17) is 4.98 Å². The SMILES string of the molecule is Cc1ccc2nc(-c3cccc(-c4ccccc4)c3)c(C)c3c2c1C=C3. The number of nitrogens with zero attached hydrogens (tertiary/aromatic N) is 1. The molecule has 1 aromatic heterocycles. The van der Waals surface area contributed by atoms with E-state index in [2.05, 4.69) is 92.7 Å². The molecule has 1 heteroatoms. The van der Waals surface area contributed by atoms with Crippen molar-refractivity contribution in [2.45, 2.75) is 13.8 Å². The first-order valence-corrected chi connectivity index (χ1v) is 9.00. The van der Waals surface area contributed by atoms with Gasteiger partial charge in [0.1, 0.15) is 0 Å². The zero-order chi connectivity index (χ0) is 17.7. The Kier molecular flexibility index (Phi) is 3.29. The highest BCUT2D eigenvalue weighted by molar-refractivity contribution is 6.06. The van der Waals surface area contributed by atoms with E-state index in [-0.39, 0.29) is 0 Å². The first-order chi connectivity index (χ1) is 12.7. The zero-order valence-corrected chi connectivity index (χ0v) is 15.0. The molecule has 0 atom stereocenters. The van der Waals surface area contributed by atoms with Crippen LogP contribution in [0.25, 0.3) is 45.4 Å². The van der Waals surface area contributed by atoms with Crippen molar-refractivity contribution < 1.29 is 0 Å². The van der Waals surface area contributed by atoms with E-state index in [1.807, 2.05) is 0 Å². The van der Waals surface area contributed by atoms with E-state index in [9.17, 15) is 0 Å². The first kappa shape index (κ1) is 15.1. The average Bonchev–Trinajstić information content (AvgIpc) is 3.14. The molecule has 124 valence electrons. The average molecular weight is 333 g/mol. The molecule has 0 N–H and O–H groups in total. The monoisotopic (exact) mass is 333 g/mol. The highest BCUT2D eigenvalue weighted by atomic mass is 14.7. The summed E-state index contributed by atoms with van der Waals surface area (Å²) in [5.41, 5.74) is 11.0. The number of benzene rings is 3. The van der Waals surface area contributed by atoms with Gasteiger partial charge in [-0.1, -0.05) is 66.7 Å². The number of aromatic nitrogens is 1. The maximum atomic E-state index is 5.04. The molecular weight excluding hydrogens is 314 g/mol. The molecule has 0 amide bonds. The summed E-state index contributed by atoms with van der Waals surface area (Å²) in [4.78, 5) is 5.04. The lowest BCUT2D eigenvalue weighted by Gasteiger charge is -2.13. The fourth-order valence-corrected chi connectivity index (χ4v) is 3.96. The van der Waals surface area contributed by atoms with Gasteiger partial charge in [0.25, 0.3) is 0 Å². The minimum absolute atomic E-state index is 1.08. The van der Waals surface area contributed by atoms with Crippen molar-refractivity contribution in [3.05, 3.63) is 89.0 Å². The van der Waals surface area contributed by atoms with Gasteiger partial charge in [0.15, 0.2) is 0 Å². The Morgan fingerprint density at radius 3 is 2.23 bits per heavy atom. The van der Waals surface area contributed by atoms with E-state index in [1.165, 1.54) is 44.3 Å². The maximum absolute atomic E-state index is 5.04. The van der Waals surface area contributed by atoms with Crippen LogP contribution in [-0.2, 0) is 0 Å². The van der Waals surface area contributed by atoms with Crippen LogP contribution < -0.4 is 0 Å². The predicted octanol–water partition coefficient (Wildman–Crippen LogP) is 6.67. The molecule has 3 aromatic carbocycles. The molecule has 1 aliphatic carbocycles. The quantitative estimate of drug-likeness (QED) is 0.351. The Hall–Kier alpha value is -3.19. The Morgan fingerprint density at radius 1 is 0.654 bits per heavy atom. The fourth-order valence-electron chi connectivity index (χ4n) is 3.96. The van der Waals surface area contributed by atoms with Gasteiger partial charge in [-0.2, -0.15) is 0 Å². The molecule has 0 saturated carbocycles. The Morgan fingerprint density at radius 2 is 1.38 bits per heavy atom. The van der Waals surface area contributed by atoms with Gasteiger partial charge in [0, 0.05) is 10.9 Å². The van der Waals surface area contributed by atoms with Crippen LogP contribution in [0, 0.1) is 13.8 Å². The van der Waals surface area contributed by atoms with Crippen LogP contribution in [0.1, 0.15) is 22.3 Å². The van der Waals surface area contributed by atoms with Gasteiger partial charge < -0.3 is 0 Å². The molecule has 0 fully saturated rings. The summed E-state index contributed by atoms with van der Waals surface area (Å²) >= 11 is 0. The van der Waals surface area contributed by atoms with Crippen LogP contribution in [0.3, 0.4) is 0 Å². The summed E-state index contributed by atoms with van der Waals surface area (Å²) in [5, 5.41) is 1.30. The van der Waals surface area contributed by atoms with Crippen LogP contribution in [0.4, 0.5) is 0 Å². The minimum atomic E-state index is 1.08. The summed E-state index contributed by atoms with van der Waals surface area (Å²) < 4.78 is 0. The highest BCUT2D eigenvalue weighted by Gasteiger charge is 2.18. The normalized spacial score (nSPS) is 12.1. The van der Waals surface area contributed by atoms with Crippen molar-refractivity contribution in [1.29, 1.82) is 0 Å². The molecule has 1 aliphatic rings. The standard InChI is InChI=1S/C25H19N/c1-16-11-14-23-24-21(16)12-13-22(24)17(2)25(26-23)20-10-6-9-19(15-20)18-7-4-3-5-8-18/h3-15H,1-2H3. The summed E-state index contributed by atoms with van der Waals surface area (Å²) in [6.07, 6.45) is 4.47. The van der Waals surface area contributed by atoms with Crippen LogP contribution in [0.5, 0.6) is 0 Å². The molecule has 0 unspecified atom stereocenters. The zero-order valence-electron chi connectivity index (χ0n) is 15.0. The predicted molar refractivity (Wildman–Crippen MR) is 111 cm³/mol. The smallest absolute Gasteiger partial charge is 0.0745 e. The maximum Gasteiger partial charge on any atom is 0.0745 e. The van der Waals surface area contributed by atoms with Gasteiger partial charge in [-0.3, -0.25) is 0 Å². The van der Waals surface area contributed by atoms with E-state index >= 15 is 0 Å². The molecule has 1 heterocycles. The second-order valence-electron chi connectivity index (χ2n) is 6.97. The lowest BCUT2D eigenvalue weighted by Crippen LogP contribution is -1.95. The van der Waals surface area contributed by atoms with Gasteiger partial charge in [0.05, 0.1) is 11.2 Å². The third-order valence-electron chi connectivity index (χ3n) is 5.36. The number of pyridine rings is 1. The van der Waals surface area contributed by atoms with Crippen LogP contribution in [0.2, 0.25) is 0 Å². The Balaban J connectivity index is 1.73. The van der Waals surface area contributed by atoms with Gasteiger partial charge in [-0.05, 0) is 59.4 Å². The molecule has 26 heavy (non-hydrogen) atoms. The lowest BCUT2D eigenvalue weighted by atomic mass is 9.95.